The average molecular weight is 518 g/mol. The zero-order valence-electron chi connectivity index (χ0n) is 17.9. The third-order valence-corrected chi connectivity index (χ3v) is 6.11. The minimum atomic E-state index is -0.551. The van der Waals surface area contributed by atoms with Crippen LogP contribution in [0.4, 0.5) is 10.5 Å². The van der Waals surface area contributed by atoms with Crippen LogP contribution < -0.4 is 4.90 Å². The van der Waals surface area contributed by atoms with E-state index >= 15 is 0 Å². The van der Waals surface area contributed by atoms with Crippen molar-refractivity contribution in [2.24, 2.45) is 0 Å². The lowest BCUT2D eigenvalue weighted by Gasteiger charge is -2.34. The summed E-state index contributed by atoms with van der Waals surface area (Å²) < 4.78 is 7.97. The lowest BCUT2D eigenvalue weighted by Crippen LogP contribution is -2.44. The minimum Gasteiger partial charge on any atom is -0.443 e. The first-order valence-corrected chi connectivity index (χ1v) is 11.2. The molecule has 158 valence electrons. The smallest absolute Gasteiger partial charge is 0.420 e. The number of carbonyl (C=O) groups excluding carboxylic acids is 1. The van der Waals surface area contributed by atoms with Crippen LogP contribution in [0.2, 0.25) is 0 Å². The zero-order chi connectivity index (χ0) is 21.5. The Kier molecular flexibility index (Phi) is 5.76. The topological polar surface area (TPSA) is 50.6 Å². The van der Waals surface area contributed by atoms with Gasteiger partial charge in [-0.3, -0.25) is 0 Å². The second-order valence-electron chi connectivity index (χ2n) is 8.76. The highest BCUT2D eigenvalue weighted by molar-refractivity contribution is 14.1. The first kappa shape index (κ1) is 21.1. The molecule has 0 N–H and O–H groups in total. The maximum Gasteiger partial charge on any atom is 0.420 e. The van der Waals surface area contributed by atoms with Crippen LogP contribution in [0, 0.1) is 3.57 Å². The molecule has 1 aliphatic rings. The largest absolute Gasteiger partial charge is 0.443 e. The van der Waals surface area contributed by atoms with E-state index in [2.05, 4.69) is 74.8 Å². The number of fused-ring (bicyclic) bond motifs is 1. The lowest BCUT2D eigenvalue weighted by molar-refractivity contribution is 0.0543. The van der Waals surface area contributed by atoms with Crippen molar-refractivity contribution in [2.45, 2.75) is 26.4 Å². The molecule has 0 amide bonds. The molecular formula is C23H27IN4O2. The van der Waals surface area contributed by atoms with Crippen LogP contribution in [0.5, 0.6) is 0 Å². The number of likely N-dealkylation sites (N-methyl/N-ethyl adjacent to an activating group) is 1. The number of halogens is 1. The van der Waals surface area contributed by atoms with E-state index in [-0.39, 0.29) is 0 Å². The van der Waals surface area contributed by atoms with Crippen molar-refractivity contribution >= 4 is 45.4 Å². The third kappa shape index (κ3) is 4.46. The Balaban J connectivity index is 1.59. The van der Waals surface area contributed by atoms with Gasteiger partial charge < -0.3 is 14.5 Å². The van der Waals surface area contributed by atoms with Crippen molar-refractivity contribution in [1.82, 2.24) is 14.5 Å². The molecule has 1 aliphatic heterocycles. The number of anilines is 1. The lowest BCUT2D eigenvalue weighted by atomic mass is 10.1. The van der Waals surface area contributed by atoms with E-state index in [9.17, 15) is 4.79 Å². The summed E-state index contributed by atoms with van der Waals surface area (Å²) in [6, 6.07) is 10.8. The monoisotopic (exact) mass is 518 g/mol. The maximum absolute atomic E-state index is 12.5. The molecule has 0 unspecified atom stereocenters. The minimum absolute atomic E-state index is 0.410. The number of hydrogen-bond acceptors (Lipinski definition) is 5. The molecule has 0 saturated carbocycles. The standard InChI is InChI=1S/C23H27IN4O2/c1-23(2,3)30-22(29)28-15-20(24)19-13-17(14-25-21(19)28)16-5-7-18(8-6-16)27-11-9-26(4)10-12-27/h5-8,13-15H,9-12H2,1-4H3. The number of carbonyl (C=O) groups is 1. The number of benzene rings is 1. The number of ether oxygens (including phenoxy) is 1. The molecule has 1 fully saturated rings. The molecule has 0 atom stereocenters. The molecule has 3 heterocycles. The number of hydrogen-bond donors (Lipinski definition) is 0. The molecule has 0 bridgehead atoms. The summed E-state index contributed by atoms with van der Waals surface area (Å²) in [6.07, 6.45) is 3.20. The van der Waals surface area contributed by atoms with Gasteiger partial charge in [0.1, 0.15) is 5.60 Å². The molecule has 3 aromatic rings. The molecule has 2 aromatic heterocycles. The first-order valence-electron chi connectivity index (χ1n) is 10.2. The van der Waals surface area contributed by atoms with Gasteiger partial charge in [0.2, 0.25) is 0 Å². The Bertz CT molecular complexity index is 1060. The highest BCUT2D eigenvalue weighted by Gasteiger charge is 2.21. The summed E-state index contributed by atoms with van der Waals surface area (Å²) in [5.74, 6) is 0. The molecule has 0 spiro atoms. The molecular weight excluding hydrogens is 491 g/mol. The molecule has 7 heteroatoms. The van der Waals surface area contributed by atoms with Gasteiger partial charge >= 0.3 is 6.09 Å². The molecule has 1 saturated heterocycles. The van der Waals surface area contributed by atoms with Gasteiger partial charge in [0.15, 0.2) is 5.65 Å². The summed E-state index contributed by atoms with van der Waals surface area (Å²) in [4.78, 5) is 21.9. The third-order valence-electron chi connectivity index (χ3n) is 5.25. The van der Waals surface area contributed by atoms with Crippen LogP contribution in [-0.4, -0.2) is 59.4 Å². The fraction of sp³-hybridized carbons (Fsp3) is 0.391. The molecule has 6 nitrogen and oxygen atoms in total. The summed E-state index contributed by atoms with van der Waals surface area (Å²) in [6.45, 7) is 9.88. The van der Waals surface area contributed by atoms with Gasteiger partial charge in [0.25, 0.3) is 0 Å². The first-order chi connectivity index (χ1) is 14.2. The highest BCUT2D eigenvalue weighted by Crippen LogP contribution is 2.29. The fourth-order valence-electron chi connectivity index (χ4n) is 3.61. The van der Waals surface area contributed by atoms with E-state index in [4.69, 9.17) is 4.74 Å². The van der Waals surface area contributed by atoms with Gasteiger partial charge in [-0.25, -0.2) is 14.3 Å². The Morgan fingerprint density at radius 1 is 1.07 bits per heavy atom. The van der Waals surface area contributed by atoms with Crippen LogP contribution in [0.1, 0.15) is 20.8 Å². The summed E-state index contributed by atoms with van der Waals surface area (Å²) in [5.41, 5.74) is 3.47. The van der Waals surface area contributed by atoms with Crippen LogP contribution in [0.15, 0.2) is 42.7 Å². The molecule has 1 aromatic carbocycles. The van der Waals surface area contributed by atoms with Crippen molar-refractivity contribution in [2.75, 3.05) is 38.1 Å². The van der Waals surface area contributed by atoms with Crippen LogP contribution in [0.25, 0.3) is 22.2 Å². The Morgan fingerprint density at radius 3 is 2.37 bits per heavy atom. The predicted octanol–water partition coefficient (Wildman–Crippen LogP) is 4.84. The van der Waals surface area contributed by atoms with Crippen LogP contribution >= 0.6 is 22.6 Å². The number of piperazine rings is 1. The number of rotatable bonds is 2. The van der Waals surface area contributed by atoms with Crippen LogP contribution in [-0.2, 0) is 4.74 Å². The van der Waals surface area contributed by atoms with Crippen molar-refractivity contribution in [1.29, 1.82) is 0 Å². The number of nitrogens with zero attached hydrogens (tertiary/aromatic N) is 4. The Morgan fingerprint density at radius 2 is 1.73 bits per heavy atom. The van der Waals surface area contributed by atoms with E-state index in [0.717, 1.165) is 46.3 Å². The summed E-state index contributed by atoms with van der Waals surface area (Å²) >= 11 is 2.24. The molecule has 4 rings (SSSR count). The second-order valence-corrected chi connectivity index (χ2v) is 9.92. The summed E-state index contributed by atoms with van der Waals surface area (Å²) in [7, 11) is 2.17. The van der Waals surface area contributed by atoms with Crippen molar-refractivity contribution in [3.8, 4) is 11.1 Å². The van der Waals surface area contributed by atoms with Gasteiger partial charge in [0.05, 0.1) is 0 Å². The SMILES string of the molecule is CN1CCN(c2ccc(-c3cnc4c(c3)c(I)cn4C(=O)OC(C)(C)C)cc2)CC1. The van der Waals surface area contributed by atoms with Crippen molar-refractivity contribution < 1.29 is 9.53 Å². The van der Waals surface area contributed by atoms with E-state index in [1.165, 1.54) is 10.3 Å². The predicted molar refractivity (Wildman–Crippen MR) is 129 cm³/mol. The second kappa shape index (κ2) is 8.19. The van der Waals surface area contributed by atoms with Crippen LogP contribution in [0.3, 0.4) is 0 Å². The van der Waals surface area contributed by atoms with Crippen molar-refractivity contribution in [3.05, 3.63) is 46.3 Å². The normalized spacial score (nSPS) is 15.6. The maximum atomic E-state index is 12.5. The van der Waals surface area contributed by atoms with E-state index in [0.29, 0.717) is 5.65 Å². The van der Waals surface area contributed by atoms with Gasteiger partial charge in [-0.2, -0.15) is 0 Å². The van der Waals surface area contributed by atoms with Gasteiger partial charge in [-0.05, 0) is 74.2 Å². The number of pyridine rings is 1. The molecule has 0 aliphatic carbocycles. The summed E-state index contributed by atoms with van der Waals surface area (Å²) in [5, 5.41) is 0.946. The molecule has 30 heavy (non-hydrogen) atoms. The van der Waals surface area contributed by atoms with E-state index in [1.807, 2.05) is 27.0 Å². The Labute approximate surface area is 191 Å². The fourth-order valence-corrected chi connectivity index (χ4v) is 4.28. The highest BCUT2D eigenvalue weighted by atomic mass is 127. The number of aromatic nitrogens is 2. The van der Waals surface area contributed by atoms with Crippen molar-refractivity contribution in [3.63, 3.8) is 0 Å². The molecule has 0 radical (unpaired) electrons. The van der Waals surface area contributed by atoms with E-state index < -0.39 is 11.7 Å². The van der Waals surface area contributed by atoms with Gasteiger partial charge in [0, 0.05) is 58.8 Å². The quantitative estimate of drug-likeness (QED) is 0.455. The average Bonchev–Trinajstić information content (AvgIpc) is 3.04. The van der Waals surface area contributed by atoms with Gasteiger partial charge in [-0.15, -0.1) is 0 Å². The van der Waals surface area contributed by atoms with E-state index in [1.54, 1.807) is 6.20 Å². The Hall–Kier alpha value is -2.13. The zero-order valence-corrected chi connectivity index (χ0v) is 20.0. The van der Waals surface area contributed by atoms with Gasteiger partial charge in [-0.1, -0.05) is 12.1 Å².